The monoisotopic (exact) mass is 510 g/mol. The lowest BCUT2D eigenvalue weighted by molar-refractivity contribution is 0.0804. The van der Waals surface area contributed by atoms with Gasteiger partial charge in [0.05, 0.1) is 19.2 Å². The number of amides is 2. The predicted octanol–water partition coefficient (Wildman–Crippen LogP) is 3.87. The molecule has 0 spiro atoms. The maximum Gasteiger partial charge on any atom is 0.409 e. The summed E-state index contributed by atoms with van der Waals surface area (Å²) in [4.78, 5) is 34.8. The average molecular weight is 511 g/mol. The lowest BCUT2D eigenvalue weighted by Crippen LogP contribution is -2.48. The highest BCUT2D eigenvalue weighted by atomic mass is 79.9. The summed E-state index contributed by atoms with van der Waals surface area (Å²) in [6.07, 6.45) is 2.95. The second-order valence-electron chi connectivity index (χ2n) is 7.73. The second kappa shape index (κ2) is 8.32. The Bertz CT molecular complexity index is 1370. The number of anilines is 1. The third kappa shape index (κ3) is 3.95. The van der Waals surface area contributed by atoms with Crippen molar-refractivity contribution in [2.24, 2.45) is 0 Å². The van der Waals surface area contributed by atoms with E-state index in [1.807, 2.05) is 37.3 Å². The van der Waals surface area contributed by atoms with E-state index in [0.717, 1.165) is 10.0 Å². The number of aryl methyl sites for hydroxylation is 1. The van der Waals surface area contributed by atoms with Crippen LogP contribution >= 0.6 is 15.9 Å². The van der Waals surface area contributed by atoms with Gasteiger partial charge in [-0.2, -0.15) is 4.98 Å². The number of likely N-dealkylation sites (tertiary alicyclic amines) is 1. The van der Waals surface area contributed by atoms with E-state index in [2.05, 4.69) is 36.4 Å². The van der Waals surface area contributed by atoms with Crippen LogP contribution in [0.25, 0.3) is 17.0 Å². The summed E-state index contributed by atoms with van der Waals surface area (Å²) in [5.74, 6) is 0.575. The molecule has 0 aliphatic carbocycles. The number of nitrogens with zero attached hydrogens (tertiary/aromatic N) is 5. The fraction of sp³-hybridized carbons (Fsp3) is 0.227. The van der Waals surface area contributed by atoms with Gasteiger partial charge in [0.2, 0.25) is 11.7 Å². The number of carbonyl (C=O) groups excluding carboxylic acids is 2. The van der Waals surface area contributed by atoms with Crippen LogP contribution in [0.4, 0.5) is 10.5 Å². The number of pyridine rings is 1. The molecule has 4 aromatic rings. The normalized spacial score (nSPS) is 13.7. The lowest BCUT2D eigenvalue weighted by Gasteiger charge is -2.35. The van der Waals surface area contributed by atoms with Crippen LogP contribution in [0, 0.1) is 6.92 Å². The Labute approximate surface area is 196 Å². The number of halogens is 1. The molecule has 3 aromatic heterocycles. The molecule has 1 aromatic carbocycles. The molecule has 1 saturated heterocycles. The van der Waals surface area contributed by atoms with Gasteiger partial charge in [-0.05, 0) is 30.7 Å². The third-order valence-corrected chi connectivity index (χ3v) is 6.05. The van der Waals surface area contributed by atoms with Crippen LogP contribution in [0.1, 0.15) is 27.9 Å². The molecule has 1 N–H and O–H groups in total. The zero-order valence-corrected chi connectivity index (χ0v) is 19.4. The minimum absolute atomic E-state index is 0.0230. The average Bonchev–Trinajstić information content (AvgIpc) is 3.41. The van der Waals surface area contributed by atoms with Crippen LogP contribution in [0.2, 0.25) is 0 Å². The molecule has 2 amide bonds. The first-order valence-corrected chi connectivity index (χ1v) is 10.9. The minimum Gasteiger partial charge on any atom is -0.453 e. The number of rotatable bonds is 4. The summed E-state index contributed by atoms with van der Waals surface area (Å²) in [6.45, 7) is 2.85. The number of hydrogen-bond donors (Lipinski definition) is 1. The van der Waals surface area contributed by atoms with Gasteiger partial charge in [-0.15, -0.1) is 0 Å². The van der Waals surface area contributed by atoms with Crippen LogP contribution < -0.4 is 5.32 Å². The summed E-state index contributed by atoms with van der Waals surface area (Å²) in [7, 11) is 1.35. The van der Waals surface area contributed by atoms with E-state index in [4.69, 9.17) is 9.26 Å². The largest absolute Gasteiger partial charge is 0.453 e. The number of imidazole rings is 1. The highest BCUT2D eigenvalue weighted by Crippen LogP contribution is 2.29. The first-order valence-electron chi connectivity index (χ1n) is 10.1. The van der Waals surface area contributed by atoms with E-state index in [1.54, 1.807) is 15.5 Å². The molecule has 1 aliphatic heterocycles. The van der Waals surface area contributed by atoms with E-state index in [0.29, 0.717) is 47.4 Å². The Morgan fingerprint density at radius 1 is 1.24 bits per heavy atom. The zero-order chi connectivity index (χ0) is 23.1. The van der Waals surface area contributed by atoms with Gasteiger partial charge in [-0.1, -0.05) is 33.2 Å². The van der Waals surface area contributed by atoms with E-state index in [1.165, 1.54) is 13.3 Å². The van der Waals surface area contributed by atoms with Gasteiger partial charge in [0, 0.05) is 35.0 Å². The third-order valence-electron chi connectivity index (χ3n) is 5.56. The van der Waals surface area contributed by atoms with Gasteiger partial charge >= 0.3 is 6.09 Å². The molecule has 11 heteroatoms. The van der Waals surface area contributed by atoms with Crippen LogP contribution in [0.15, 0.2) is 51.7 Å². The molecule has 10 nitrogen and oxygen atoms in total. The summed E-state index contributed by atoms with van der Waals surface area (Å²) < 4.78 is 12.7. The van der Waals surface area contributed by atoms with Crippen LogP contribution in [-0.2, 0) is 4.74 Å². The number of methoxy groups -OCH3 is 1. The molecule has 33 heavy (non-hydrogen) atoms. The molecular formula is C22H19BrN6O4. The Morgan fingerprint density at radius 2 is 2.06 bits per heavy atom. The molecule has 0 atom stereocenters. The van der Waals surface area contributed by atoms with Gasteiger partial charge in [0.1, 0.15) is 11.3 Å². The number of ether oxygens (including phenoxy) is 1. The van der Waals surface area contributed by atoms with Gasteiger partial charge in [-0.25, -0.2) is 9.78 Å². The second-order valence-corrected chi connectivity index (χ2v) is 8.64. The summed E-state index contributed by atoms with van der Waals surface area (Å²) in [5, 5.41) is 7.03. The van der Waals surface area contributed by atoms with Crippen molar-refractivity contribution in [3.63, 3.8) is 0 Å². The van der Waals surface area contributed by atoms with Crippen molar-refractivity contribution in [1.29, 1.82) is 0 Å². The Kier molecular flexibility index (Phi) is 5.33. The summed E-state index contributed by atoms with van der Waals surface area (Å²) >= 11 is 3.41. The molecule has 0 radical (unpaired) electrons. The number of hydrogen-bond acceptors (Lipinski definition) is 7. The van der Waals surface area contributed by atoms with Crippen LogP contribution in [-0.4, -0.2) is 56.6 Å². The number of carbonyl (C=O) groups is 2. The van der Waals surface area contributed by atoms with Crippen molar-refractivity contribution in [2.75, 3.05) is 25.5 Å². The van der Waals surface area contributed by atoms with Gasteiger partial charge in [0.25, 0.3) is 5.91 Å². The summed E-state index contributed by atoms with van der Waals surface area (Å²) in [5.41, 5.74) is 3.32. The molecule has 0 unspecified atom stereocenters. The standard InChI is InChI=1S/C22H19BrN6O4/c1-12-3-4-13(19-26-21(33-27-19)14-10-28(11-14)22(31)32-2)7-16(12)25-20(30)17-9-24-18-8-15(23)5-6-29(17)18/h3-9,14H,10-11H2,1-2H3,(H,25,30). The fourth-order valence-corrected chi connectivity index (χ4v) is 3.96. The summed E-state index contributed by atoms with van der Waals surface area (Å²) in [6, 6.07) is 9.24. The van der Waals surface area contributed by atoms with Crippen LogP contribution in [0.3, 0.4) is 0 Å². The van der Waals surface area contributed by atoms with Gasteiger partial charge < -0.3 is 19.5 Å². The Hall–Kier alpha value is -3.73. The lowest BCUT2D eigenvalue weighted by atomic mass is 10.0. The van der Waals surface area contributed by atoms with Crippen molar-refractivity contribution in [3.8, 4) is 11.4 Å². The quantitative estimate of drug-likeness (QED) is 0.442. The molecular weight excluding hydrogens is 492 g/mol. The maximum absolute atomic E-state index is 12.9. The maximum atomic E-state index is 12.9. The molecule has 1 fully saturated rings. The molecule has 0 saturated carbocycles. The number of aromatic nitrogens is 4. The molecule has 168 valence electrons. The first-order chi connectivity index (χ1) is 15.9. The molecule has 5 rings (SSSR count). The predicted molar refractivity (Wildman–Crippen MR) is 122 cm³/mol. The van der Waals surface area contributed by atoms with Crippen molar-refractivity contribution in [1.82, 2.24) is 24.4 Å². The molecule has 4 heterocycles. The highest BCUT2D eigenvalue weighted by molar-refractivity contribution is 9.10. The Balaban J connectivity index is 1.34. The number of nitrogens with one attached hydrogen (secondary N) is 1. The minimum atomic E-state index is -0.372. The molecule has 0 bridgehead atoms. The number of fused-ring (bicyclic) bond motifs is 1. The van der Waals surface area contributed by atoms with E-state index >= 15 is 0 Å². The van der Waals surface area contributed by atoms with Crippen molar-refractivity contribution < 1.29 is 18.8 Å². The topological polar surface area (TPSA) is 115 Å². The van der Waals surface area contributed by atoms with E-state index < -0.39 is 0 Å². The SMILES string of the molecule is COC(=O)N1CC(c2nc(-c3ccc(C)c(NC(=O)c4cnc5cc(Br)ccn45)c3)no2)C1. The highest BCUT2D eigenvalue weighted by Gasteiger charge is 2.36. The fourth-order valence-electron chi connectivity index (χ4n) is 3.64. The van der Waals surface area contributed by atoms with E-state index in [-0.39, 0.29) is 17.9 Å². The smallest absolute Gasteiger partial charge is 0.409 e. The Morgan fingerprint density at radius 3 is 2.85 bits per heavy atom. The van der Waals surface area contributed by atoms with Crippen molar-refractivity contribution in [3.05, 3.63) is 64.3 Å². The van der Waals surface area contributed by atoms with Crippen LogP contribution in [0.5, 0.6) is 0 Å². The van der Waals surface area contributed by atoms with Crippen molar-refractivity contribution in [2.45, 2.75) is 12.8 Å². The first kappa shape index (κ1) is 21.1. The van der Waals surface area contributed by atoms with Crippen molar-refractivity contribution >= 4 is 39.3 Å². The van der Waals surface area contributed by atoms with Gasteiger partial charge in [0.15, 0.2) is 0 Å². The zero-order valence-electron chi connectivity index (χ0n) is 17.8. The molecule has 1 aliphatic rings. The van der Waals surface area contributed by atoms with Gasteiger partial charge in [-0.3, -0.25) is 9.20 Å². The van der Waals surface area contributed by atoms with E-state index in [9.17, 15) is 9.59 Å². The number of benzene rings is 1.